The number of nitrogens with one attached hydrogen (secondary N) is 1. The second-order valence-electron chi connectivity index (χ2n) is 5.50. The Balaban J connectivity index is 1.99. The van der Waals surface area contributed by atoms with Crippen molar-refractivity contribution in [2.75, 3.05) is 18.3 Å². The van der Waals surface area contributed by atoms with Crippen molar-refractivity contribution < 1.29 is 23.8 Å². The van der Waals surface area contributed by atoms with Gasteiger partial charge in [-0.25, -0.2) is 4.79 Å². The van der Waals surface area contributed by atoms with Gasteiger partial charge in [-0.05, 0) is 37.8 Å². The molecule has 0 spiro atoms. The van der Waals surface area contributed by atoms with Gasteiger partial charge in [0, 0.05) is 11.8 Å². The summed E-state index contributed by atoms with van der Waals surface area (Å²) in [7, 11) is 1.55. The predicted molar refractivity (Wildman–Crippen MR) is 89.7 cm³/mol. The second kappa shape index (κ2) is 8.63. The van der Waals surface area contributed by atoms with E-state index in [1.54, 1.807) is 25.3 Å². The Morgan fingerprint density at radius 3 is 2.46 bits per heavy atom. The van der Waals surface area contributed by atoms with E-state index in [0.717, 1.165) is 12.8 Å². The van der Waals surface area contributed by atoms with Gasteiger partial charge in [-0.1, -0.05) is 0 Å². The normalized spacial score (nSPS) is 20.1. The Labute approximate surface area is 145 Å². The SMILES string of the molecule is COc1ccc(NC(=O)CCl)cc1OC1CCC(OC(N)=O)CC1. The minimum atomic E-state index is -0.747. The maximum atomic E-state index is 11.4. The first-order valence-electron chi connectivity index (χ1n) is 7.68. The third-order valence-corrected chi connectivity index (χ3v) is 4.01. The van der Waals surface area contributed by atoms with Crippen LogP contribution in [0.5, 0.6) is 11.5 Å². The van der Waals surface area contributed by atoms with Gasteiger partial charge in [0.2, 0.25) is 5.91 Å². The number of rotatable bonds is 6. The molecule has 132 valence electrons. The monoisotopic (exact) mass is 356 g/mol. The number of amides is 2. The summed E-state index contributed by atoms with van der Waals surface area (Å²) in [5.41, 5.74) is 5.62. The van der Waals surface area contributed by atoms with Crippen LogP contribution < -0.4 is 20.5 Å². The summed E-state index contributed by atoms with van der Waals surface area (Å²) in [6.45, 7) is 0. The van der Waals surface area contributed by atoms with Crippen LogP contribution in [0.3, 0.4) is 0 Å². The first kappa shape index (κ1) is 18.2. The highest BCUT2D eigenvalue weighted by atomic mass is 35.5. The number of anilines is 1. The Morgan fingerprint density at radius 2 is 1.88 bits per heavy atom. The zero-order valence-corrected chi connectivity index (χ0v) is 14.2. The summed E-state index contributed by atoms with van der Waals surface area (Å²) in [5.74, 6) is 0.710. The van der Waals surface area contributed by atoms with E-state index >= 15 is 0 Å². The molecule has 0 radical (unpaired) electrons. The van der Waals surface area contributed by atoms with Crippen molar-refractivity contribution in [2.45, 2.75) is 37.9 Å². The van der Waals surface area contributed by atoms with Gasteiger partial charge in [-0.3, -0.25) is 4.79 Å². The van der Waals surface area contributed by atoms with Crippen molar-refractivity contribution in [3.63, 3.8) is 0 Å². The third kappa shape index (κ3) is 5.19. The van der Waals surface area contributed by atoms with Gasteiger partial charge < -0.3 is 25.3 Å². The lowest BCUT2D eigenvalue weighted by molar-refractivity contribution is -0.113. The molecule has 0 saturated heterocycles. The second-order valence-corrected chi connectivity index (χ2v) is 5.77. The molecule has 24 heavy (non-hydrogen) atoms. The molecular formula is C16H21ClN2O5. The Morgan fingerprint density at radius 1 is 1.21 bits per heavy atom. The number of methoxy groups -OCH3 is 1. The first-order valence-corrected chi connectivity index (χ1v) is 8.22. The number of ether oxygens (including phenoxy) is 3. The van der Waals surface area contributed by atoms with E-state index < -0.39 is 6.09 Å². The van der Waals surface area contributed by atoms with E-state index in [1.165, 1.54) is 0 Å². The molecule has 1 aromatic carbocycles. The number of nitrogens with two attached hydrogens (primary N) is 1. The van der Waals surface area contributed by atoms with Gasteiger partial charge in [-0.15, -0.1) is 11.6 Å². The Hall–Kier alpha value is -2.15. The first-order chi connectivity index (χ1) is 11.5. The van der Waals surface area contributed by atoms with Crippen LogP contribution in [0.1, 0.15) is 25.7 Å². The molecule has 0 unspecified atom stereocenters. The number of alkyl halides is 1. The fraction of sp³-hybridized carbons (Fsp3) is 0.500. The molecule has 2 rings (SSSR count). The van der Waals surface area contributed by atoms with E-state index in [0.29, 0.717) is 30.0 Å². The quantitative estimate of drug-likeness (QED) is 0.763. The summed E-state index contributed by atoms with van der Waals surface area (Å²) in [6, 6.07) is 5.14. The maximum absolute atomic E-state index is 11.4. The minimum Gasteiger partial charge on any atom is -0.493 e. The predicted octanol–water partition coefficient (Wildman–Crippen LogP) is 2.66. The topological polar surface area (TPSA) is 99.9 Å². The van der Waals surface area contributed by atoms with Crippen molar-refractivity contribution in [3.05, 3.63) is 18.2 Å². The molecule has 8 heteroatoms. The molecule has 1 saturated carbocycles. The van der Waals surface area contributed by atoms with Crippen LogP contribution in [0.2, 0.25) is 0 Å². The summed E-state index contributed by atoms with van der Waals surface area (Å²) in [6.07, 6.45) is 1.93. The molecule has 1 fully saturated rings. The molecule has 0 bridgehead atoms. The van der Waals surface area contributed by atoms with Crippen LogP contribution in [0.15, 0.2) is 18.2 Å². The van der Waals surface area contributed by atoms with Crippen molar-refractivity contribution in [3.8, 4) is 11.5 Å². The number of benzene rings is 1. The standard InChI is InChI=1S/C16H21ClN2O5/c1-22-13-7-2-10(19-15(20)9-17)8-14(13)23-11-3-5-12(6-4-11)24-16(18)21/h2,7-8,11-12H,3-6,9H2,1H3,(H2,18,21)(H,19,20). The zero-order chi connectivity index (χ0) is 17.5. The fourth-order valence-electron chi connectivity index (χ4n) is 2.65. The Kier molecular flexibility index (Phi) is 6.54. The molecule has 1 aliphatic rings. The van der Waals surface area contributed by atoms with E-state index in [-0.39, 0.29) is 24.0 Å². The van der Waals surface area contributed by atoms with Crippen molar-refractivity contribution in [1.82, 2.24) is 0 Å². The maximum Gasteiger partial charge on any atom is 0.404 e. The molecule has 0 heterocycles. The zero-order valence-electron chi connectivity index (χ0n) is 13.4. The molecule has 0 aliphatic heterocycles. The lowest BCUT2D eigenvalue weighted by Crippen LogP contribution is -2.31. The highest BCUT2D eigenvalue weighted by Gasteiger charge is 2.25. The van der Waals surface area contributed by atoms with Gasteiger partial charge >= 0.3 is 6.09 Å². The van der Waals surface area contributed by atoms with E-state index in [2.05, 4.69) is 5.32 Å². The van der Waals surface area contributed by atoms with Crippen LogP contribution in [-0.2, 0) is 9.53 Å². The van der Waals surface area contributed by atoms with Gasteiger partial charge in [0.1, 0.15) is 12.0 Å². The molecule has 1 aliphatic carbocycles. The van der Waals surface area contributed by atoms with Crippen LogP contribution in [0.4, 0.5) is 10.5 Å². The highest BCUT2D eigenvalue weighted by Crippen LogP contribution is 2.34. The van der Waals surface area contributed by atoms with Crippen molar-refractivity contribution in [1.29, 1.82) is 0 Å². The van der Waals surface area contributed by atoms with Crippen LogP contribution in [-0.4, -0.2) is 37.2 Å². The summed E-state index contributed by atoms with van der Waals surface area (Å²) in [5, 5.41) is 2.67. The van der Waals surface area contributed by atoms with Crippen LogP contribution in [0, 0.1) is 0 Å². The van der Waals surface area contributed by atoms with E-state index in [9.17, 15) is 9.59 Å². The average Bonchev–Trinajstić information content (AvgIpc) is 2.56. The Bertz CT molecular complexity index is 588. The van der Waals surface area contributed by atoms with Crippen LogP contribution >= 0.6 is 11.6 Å². The molecule has 0 aromatic heterocycles. The average molecular weight is 357 g/mol. The molecule has 2 amide bonds. The molecular weight excluding hydrogens is 336 g/mol. The number of hydrogen-bond donors (Lipinski definition) is 2. The molecule has 3 N–H and O–H groups in total. The fourth-order valence-corrected chi connectivity index (χ4v) is 2.72. The minimum absolute atomic E-state index is 0.0226. The smallest absolute Gasteiger partial charge is 0.404 e. The van der Waals surface area contributed by atoms with Gasteiger partial charge in [0.05, 0.1) is 13.2 Å². The van der Waals surface area contributed by atoms with Crippen molar-refractivity contribution >= 4 is 29.3 Å². The third-order valence-electron chi connectivity index (χ3n) is 3.77. The largest absolute Gasteiger partial charge is 0.493 e. The highest BCUT2D eigenvalue weighted by molar-refractivity contribution is 6.29. The summed E-state index contributed by atoms with van der Waals surface area (Å²) < 4.78 is 16.3. The summed E-state index contributed by atoms with van der Waals surface area (Å²) in [4.78, 5) is 22.2. The molecule has 7 nitrogen and oxygen atoms in total. The number of primary amides is 1. The van der Waals surface area contributed by atoms with Gasteiger partial charge in [0.25, 0.3) is 0 Å². The van der Waals surface area contributed by atoms with Gasteiger partial charge in [-0.2, -0.15) is 0 Å². The number of halogens is 1. The van der Waals surface area contributed by atoms with E-state index in [4.69, 9.17) is 31.5 Å². The molecule has 1 aromatic rings. The van der Waals surface area contributed by atoms with Crippen molar-refractivity contribution in [2.24, 2.45) is 5.73 Å². The summed E-state index contributed by atoms with van der Waals surface area (Å²) >= 11 is 5.49. The van der Waals surface area contributed by atoms with Crippen LogP contribution in [0.25, 0.3) is 0 Å². The molecule has 0 atom stereocenters. The van der Waals surface area contributed by atoms with Gasteiger partial charge in [0.15, 0.2) is 11.5 Å². The number of carbonyl (C=O) groups excluding carboxylic acids is 2. The van der Waals surface area contributed by atoms with E-state index in [1.807, 2.05) is 0 Å². The lowest BCUT2D eigenvalue weighted by Gasteiger charge is -2.28. The number of carbonyl (C=O) groups is 2. The lowest BCUT2D eigenvalue weighted by atomic mass is 9.95. The number of hydrogen-bond acceptors (Lipinski definition) is 5.